The Kier molecular flexibility index (Phi) is 5.67. The van der Waals surface area contributed by atoms with Crippen molar-refractivity contribution in [3.05, 3.63) is 89.1 Å². The third-order valence-corrected chi connectivity index (χ3v) is 8.51. The first-order chi connectivity index (χ1) is 15.1. The van der Waals surface area contributed by atoms with Gasteiger partial charge in [0.05, 0.1) is 11.4 Å². The second-order valence-corrected chi connectivity index (χ2v) is 11.1. The van der Waals surface area contributed by atoms with Crippen molar-refractivity contribution in [2.24, 2.45) is 0 Å². The zero-order valence-electron chi connectivity index (χ0n) is 18.9. The largest absolute Gasteiger partial charge is 0.325 e. The number of carbonyl (C=O) groups excluding carboxylic acids is 1. The lowest BCUT2D eigenvalue weighted by molar-refractivity contribution is -0.130. The molecule has 3 aromatic rings. The number of nitrogens with zero attached hydrogens (tertiary/aromatic N) is 2. The summed E-state index contributed by atoms with van der Waals surface area (Å²) in [7, 11) is -1.85. The molecule has 0 bridgehead atoms. The molecule has 1 aromatic heterocycles. The summed E-state index contributed by atoms with van der Waals surface area (Å²) >= 11 is 0. The highest BCUT2D eigenvalue weighted by Gasteiger charge is 2.38. The number of benzene rings is 2. The summed E-state index contributed by atoms with van der Waals surface area (Å²) in [4.78, 5) is 18.1. The Morgan fingerprint density at radius 1 is 1.00 bits per heavy atom. The molecule has 1 aliphatic heterocycles. The predicted octanol–water partition coefficient (Wildman–Crippen LogP) is 4.66. The van der Waals surface area contributed by atoms with E-state index in [9.17, 15) is 13.2 Å². The summed E-state index contributed by atoms with van der Waals surface area (Å²) in [6, 6.07) is 19.8. The highest BCUT2D eigenvalue weighted by atomic mass is 32.2. The van der Waals surface area contributed by atoms with Gasteiger partial charge >= 0.3 is 0 Å². The number of hydrogen-bond acceptors (Lipinski definition) is 4. The highest BCUT2D eigenvalue weighted by molar-refractivity contribution is 7.91. The molecule has 1 aliphatic rings. The van der Waals surface area contributed by atoms with Gasteiger partial charge in [-0.1, -0.05) is 62.4 Å². The summed E-state index contributed by atoms with van der Waals surface area (Å²) < 4.78 is 25.4. The smallest absolute Gasteiger partial charge is 0.224 e. The van der Waals surface area contributed by atoms with Crippen molar-refractivity contribution in [2.75, 3.05) is 12.8 Å². The molecule has 5 nitrogen and oxygen atoms in total. The van der Waals surface area contributed by atoms with Gasteiger partial charge in [0.1, 0.15) is 0 Å². The first kappa shape index (κ1) is 22.2. The quantitative estimate of drug-likeness (QED) is 0.582. The van der Waals surface area contributed by atoms with Gasteiger partial charge in [0, 0.05) is 30.6 Å². The minimum atomic E-state index is -3.41. The van der Waals surface area contributed by atoms with Crippen LogP contribution in [0.15, 0.2) is 66.9 Å². The summed E-state index contributed by atoms with van der Waals surface area (Å²) in [5.41, 5.74) is 5.69. The third-order valence-electron chi connectivity index (χ3n) is 6.47. The Labute approximate surface area is 190 Å². The molecule has 1 atom stereocenters. The number of pyridine rings is 1. The van der Waals surface area contributed by atoms with Gasteiger partial charge < -0.3 is 4.90 Å². The fraction of sp³-hybridized carbons (Fsp3) is 0.308. The number of hydrogen-bond donors (Lipinski definition) is 0. The van der Waals surface area contributed by atoms with Crippen LogP contribution in [0.4, 0.5) is 0 Å². The maximum absolute atomic E-state index is 12.7. The van der Waals surface area contributed by atoms with E-state index in [0.717, 1.165) is 27.9 Å². The molecule has 1 amide bonds. The van der Waals surface area contributed by atoms with E-state index in [1.807, 2.05) is 42.5 Å². The number of amides is 1. The normalized spacial score (nSPS) is 18.6. The van der Waals surface area contributed by atoms with Gasteiger partial charge in [0.15, 0.2) is 15.2 Å². The Bertz CT molecular complexity index is 1250. The molecule has 0 radical (unpaired) electrons. The molecule has 0 aliphatic carbocycles. The maximum atomic E-state index is 12.7. The van der Waals surface area contributed by atoms with Crippen LogP contribution in [0.25, 0.3) is 11.3 Å². The van der Waals surface area contributed by atoms with Crippen LogP contribution in [-0.2, 0) is 20.0 Å². The van der Waals surface area contributed by atoms with E-state index in [0.29, 0.717) is 5.56 Å². The van der Waals surface area contributed by atoms with Gasteiger partial charge in [-0.05, 0) is 41.3 Å². The van der Waals surface area contributed by atoms with E-state index in [1.54, 1.807) is 13.2 Å². The van der Waals surface area contributed by atoms with E-state index in [1.165, 1.54) is 4.90 Å². The first-order valence-corrected chi connectivity index (χ1v) is 12.4. The molecule has 2 aromatic carbocycles. The average Bonchev–Trinajstić information content (AvgIpc) is 2.77. The lowest BCUT2D eigenvalue weighted by Gasteiger charge is -2.33. The number of aryl methyl sites for hydroxylation is 1. The molecular weight excluding hydrogens is 420 g/mol. The van der Waals surface area contributed by atoms with E-state index < -0.39 is 15.2 Å². The molecule has 2 heterocycles. The molecule has 1 unspecified atom stereocenters. The van der Waals surface area contributed by atoms with E-state index in [2.05, 4.69) is 44.0 Å². The Hall–Kier alpha value is -2.99. The maximum Gasteiger partial charge on any atom is 0.224 e. The monoisotopic (exact) mass is 448 g/mol. The minimum Gasteiger partial charge on any atom is -0.325 e. The Morgan fingerprint density at radius 3 is 2.38 bits per heavy atom. The lowest BCUT2D eigenvalue weighted by Crippen LogP contribution is -2.42. The van der Waals surface area contributed by atoms with Crippen LogP contribution in [-0.4, -0.2) is 37.0 Å². The highest BCUT2D eigenvalue weighted by Crippen LogP contribution is 2.40. The molecule has 0 N–H and O–H groups in total. The summed E-state index contributed by atoms with van der Waals surface area (Å²) in [5, 5.41) is -0.927. The van der Waals surface area contributed by atoms with Crippen molar-refractivity contribution in [2.45, 2.75) is 38.0 Å². The van der Waals surface area contributed by atoms with E-state index in [-0.39, 0.29) is 23.5 Å². The van der Waals surface area contributed by atoms with Crippen LogP contribution in [0.5, 0.6) is 0 Å². The SMILES string of the molecule is Cc1cccc(C(C)(C)c2ccc(C3N(C)C(=O)CCS3(=O)=O)cc2)c1-c1ccccn1. The van der Waals surface area contributed by atoms with Crippen molar-refractivity contribution >= 4 is 15.7 Å². The standard InChI is InChI=1S/C26H28N2O3S/c1-18-8-7-9-21(24(18)22-10-5-6-16-27-22)26(2,3)20-13-11-19(12-14-20)25-28(4)23(29)15-17-32(25,30)31/h5-14,16,25H,15,17H2,1-4H3. The predicted molar refractivity (Wildman–Crippen MR) is 127 cm³/mol. The Balaban J connectivity index is 1.76. The molecule has 1 fully saturated rings. The van der Waals surface area contributed by atoms with Crippen LogP contribution >= 0.6 is 0 Å². The van der Waals surface area contributed by atoms with Gasteiger partial charge in [0.2, 0.25) is 5.91 Å². The molecule has 4 rings (SSSR count). The topological polar surface area (TPSA) is 67.3 Å². The molecule has 166 valence electrons. The van der Waals surface area contributed by atoms with Gasteiger partial charge in [0.25, 0.3) is 0 Å². The Morgan fingerprint density at radius 2 is 1.72 bits per heavy atom. The van der Waals surface area contributed by atoms with Crippen LogP contribution in [0.1, 0.15) is 47.9 Å². The van der Waals surface area contributed by atoms with Crippen LogP contribution in [0.3, 0.4) is 0 Å². The number of sulfone groups is 1. The van der Waals surface area contributed by atoms with Crippen molar-refractivity contribution < 1.29 is 13.2 Å². The van der Waals surface area contributed by atoms with Crippen LogP contribution in [0, 0.1) is 6.92 Å². The van der Waals surface area contributed by atoms with Crippen molar-refractivity contribution in [1.82, 2.24) is 9.88 Å². The summed E-state index contributed by atoms with van der Waals surface area (Å²) in [6.07, 6.45) is 1.85. The second-order valence-electron chi connectivity index (χ2n) is 8.93. The zero-order chi connectivity index (χ0) is 23.1. The fourth-order valence-electron chi connectivity index (χ4n) is 4.58. The lowest BCUT2D eigenvalue weighted by atomic mass is 9.74. The van der Waals surface area contributed by atoms with Crippen molar-refractivity contribution in [1.29, 1.82) is 0 Å². The summed E-state index contributed by atoms with van der Waals surface area (Å²) in [5.74, 6) is -0.251. The zero-order valence-corrected chi connectivity index (χ0v) is 19.7. The molecule has 1 saturated heterocycles. The van der Waals surface area contributed by atoms with Crippen LogP contribution in [0.2, 0.25) is 0 Å². The molecule has 6 heteroatoms. The third kappa shape index (κ3) is 3.84. The number of aromatic nitrogens is 1. The second kappa shape index (κ2) is 8.17. The van der Waals surface area contributed by atoms with E-state index >= 15 is 0 Å². The first-order valence-electron chi connectivity index (χ1n) is 10.7. The van der Waals surface area contributed by atoms with Crippen molar-refractivity contribution in [3.63, 3.8) is 0 Å². The molecule has 32 heavy (non-hydrogen) atoms. The molecule has 0 spiro atoms. The minimum absolute atomic E-state index is 0.0457. The molecular formula is C26H28N2O3S. The number of carbonyl (C=O) groups is 1. The van der Waals surface area contributed by atoms with Gasteiger partial charge in [-0.2, -0.15) is 0 Å². The van der Waals surface area contributed by atoms with Crippen LogP contribution < -0.4 is 0 Å². The summed E-state index contributed by atoms with van der Waals surface area (Å²) in [6.45, 7) is 6.42. The van der Waals surface area contributed by atoms with Gasteiger partial charge in [-0.15, -0.1) is 0 Å². The average molecular weight is 449 g/mol. The van der Waals surface area contributed by atoms with Crippen molar-refractivity contribution in [3.8, 4) is 11.3 Å². The molecule has 0 saturated carbocycles. The number of rotatable bonds is 4. The van der Waals surface area contributed by atoms with Gasteiger partial charge in [-0.25, -0.2) is 8.42 Å². The van der Waals surface area contributed by atoms with Gasteiger partial charge in [-0.3, -0.25) is 9.78 Å². The fourth-order valence-corrected chi connectivity index (χ4v) is 6.43. The van der Waals surface area contributed by atoms with E-state index in [4.69, 9.17) is 0 Å².